The van der Waals surface area contributed by atoms with E-state index in [4.69, 9.17) is 32.4 Å². The zero-order chi connectivity index (χ0) is 24.4. The molecule has 0 radical (unpaired) electrons. The number of aryl methyl sites for hydroxylation is 1. The van der Waals surface area contributed by atoms with Gasteiger partial charge >= 0.3 is 0 Å². The van der Waals surface area contributed by atoms with Crippen molar-refractivity contribution in [2.45, 2.75) is 26.0 Å². The number of rotatable bonds is 5. The summed E-state index contributed by atoms with van der Waals surface area (Å²) in [4.78, 5) is 30.7. The van der Waals surface area contributed by atoms with Crippen LogP contribution >= 0.6 is 33.8 Å². The van der Waals surface area contributed by atoms with Crippen molar-refractivity contribution in [3.8, 4) is 0 Å². The maximum atomic E-state index is 13.6. The van der Waals surface area contributed by atoms with Crippen molar-refractivity contribution in [3.63, 3.8) is 0 Å². The summed E-state index contributed by atoms with van der Waals surface area (Å²) in [5.41, 5.74) is 2.72. The number of carbonyl (C=O) groups is 1. The van der Waals surface area contributed by atoms with Crippen LogP contribution in [-0.4, -0.2) is 50.1 Å². The Morgan fingerprint density at radius 1 is 1.32 bits per heavy atom. The van der Waals surface area contributed by atoms with Crippen LogP contribution in [0.4, 0.5) is 0 Å². The number of hydrogen-bond acceptors (Lipinski definition) is 6. The molecule has 1 saturated heterocycles. The van der Waals surface area contributed by atoms with E-state index in [1.54, 1.807) is 24.0 Å². The third-order valence-corrected chi connectivity index (χ3v) is 9.36. The Morgan fingerprint density at radius 3 is 2.74 bits per heavy atom. The summed E-state index contributed by atoms with van der Waals surface area (Å²) in [6, 6.07) is 3.49. The molecule has 1 amide bonds. The third kappa shape index (κ3) is 3.84. The molecule has 11 heteroatoms. The molecule has 5 rings (SSSR count). The number of fused-ring (bicyclic) bond motifs is 2. The number of ether oxygens (including phenoxy) is 1. The minimum absolute atomic E-state index is 0.0628. The predicted molar refractivity (Wildman–Crippen MR) is 132 cm³/mol. The topological polar surface area (TPSA) is 116 Å². The standard InChI is InChI=1S/C23H24Cl2N2O6S/c1-11-13-4-6-33-21(13)16(22(28)26-11)8-27-5-3-14-17(24)7-15(19(25)18(14)23(27)29)20(32-2)12-9-34(30,31)10-12/h4,6-7,12,20,30-31H,3,5,8-10H2,1-2H3,(H,26,28). The van der Waals surface area contributed by atoms with Crippen molar-refractivity contribution in [1.82, 2.24) is 9.88 Å². The van der Waals surface area contributed by atoms with Gasteiger partial charge in [-0.1, -0.05) is 23.2 Å². The lowest BCUT2D eigenvalue weighted by atomic mass is 9.90. The normalized spacial score (nSPS) is 19.7. The van der Waals surface area contributed by atoms with E-state index >= 15 is 0 Å². The predicted octanol–water partition coefficient (Wildman–Crippen LogP) is 5.00. The van der Waals surface area contributed by atoms with Crippen LogP contribution in [0.1, 0.15) is 38.8 Å². The van der Waals surface area contributed by atoms with Crippen LogP contribution < -0.4 is 5.56 Å². The van der Waals surface area contributed by atoms with E-state index in [2.05, 4.69) is 4.98 Å². The van der Waals surface area contributed by atoms with Crippen molar-refractivity contribution in [3.05, 3.63) is 66.7 Å². The van der Waals surface area contributed by atoms with Crippen LogP contribution in [0.15, 0.2) is 27.6 Å². The van der Waals surface area contributed by atoms with Gasteiger partial charge in [0.1, 0.15) is 5.58 Å². The molecule has 1 atom stereocenters. The number of carbonyl (C=O) groups excluding carboxylic acids is 1. The first kappa shape index (κ1) is 23.7. The number of benzene rings is 1. The zero-order valence-corrected chi connectivity index (χ0v) is 20.9. The number of pyridine rings is 1. The Bertz CT molecular complexity index is 1360. The van der Waals surface area contributed by atoms with Crippen LogP contribution in [0.3, 0.4) is 0 Å². The fourth-order valence-electron chi connectivity index (χ4n) is 4.99. The van der Waals surface area contributed by atoms with E-state index in [1.807, 2.05) is 0 Å². The molecule has 2 aromatic heterocycles. The number of methoxy groups -OCH3 is 1. The molecule has 8 nitrogen and oxygen atoms in total. The van der Waals surface area contributed by atoms with Crippen LogP contribution in [0.25, 0.3) is 11.0 Å². The Kier molecular flexibility index (Phi) is 5.99. The molecular formula is C23H24Cl2N2O6S. The van der Waals surface area contributed by atoms with Crippen LogP contribution in [0, 0.1) is 12.8 Å². The summed E-state index contributed by atoms with van der Waals surface area (Å²) in [5, 5.41) is 1.44. The summed E-state index contributed by atoms with van der Waals surface area (Å²) in [7, 11) is -1.06. The van der Waals surface area contributed by atoms with Crippen LogP contribution in [0.5, 0.6) is 0 Å². The van der Waals surface area contributed by atoms with Gasteiger partial charge in [0.25, 0.3) is 11.5 Å². The first-order chi connectivity index (χ1) is 16.1. The highest BCUT2D eigenvalue weighted by Gasteiger charge is 2.42. The maximum Gasteiger partial charge on any atom is 0.256 e. The summed E-state index contributed by atoms with van der Waals surface area (Å²) in [6.07, 6.45) is 1.47. The van der Waals surface area contributed by atoms with Gasteiger partial charge in [0.05, 0.1) is 35.1 Å². The molecule has 4 heterocycles. The quantitative estimate of drug-likeness (QED) is 0.430. The highest BCUT2D eigenvalue weighted by Crippen LogP contribution is 2.57. The molecule has 0 bridgehead atoms. The Labute approximate surface area is 207 Å². The van der Waals surface area contributed by atoms with Gasteiger partial charge in [0.15, 0.2) is 0 Å². The smallest absolute Gasteiger partial charge is 0.256 e. The summed E-state index contributed by atoms with van der Waals surface area (Å²) < 4.78 is 30.9. The summed E-state index contributed by atoms with van der Waals surface area (Å²) in [6.45, 7) is 2.23. The average molecular weight is 527 g/mol. The van der Waals surface area contributed by atoms with Crippen molar-refractivity contribution in [1.29, 1.82) is 0 Å². The lowest BCUT2D eigenvalue weighted by Gasteiger charge is -2.49. The monoisotopic (exact) mass is 526 g/mol. The number of H-pyrrole nitrogens is 1. The second-order valence-corrected chi connectivity index (χ2v) is 11.9. The first-order valence-corrected chi connectivity index (χ1v) is 13.4. The molecule has 0 aliphatic carbocycles. The minimum atomic E-state index is -2.58. The van der Waals surface area contributed by atoms with Crippen LogP contribution in [0.2, 0.25) is 10.0 Å². The number of aromatic nitrogens is 1. The number of hydrogen-bond donors (Lipinski definition) is 3. The molecular weight excluding hydrogens is 503 g/mol. The number of nitrogens with zero attached hydrogens (tertiary/aromatic N) is 1. The van der Waals surface area contributed by atoms with Crippen molar-refractivity contribution >= 4 is 50.7 Å². The van der Waals surface area contributed by atoms with E-state index in [1.165, 1.54) is 13.4 Å². The zero-order valence-electron chi connectivity index (χ0n) is 18.6. The largest absolute Gasteiger partial charge is 0.464 e. The molecule has 1 fully saturated rings. The van der Waals surface area contributed by atoms with E-state index in [9.17, 15) is 18.7 Å². The number of furan rings is 1. The first-order valence-electron chi connectivity index (χ1n) is 10.8. The summed E-state index contributed by atoms with van der Waals surface area (Å²) >= 11 is 13.3. The maximum absolute atomic E-state index is 13.6. The molecule has 1 unspecified atom stereocenters. The summed E-state index contributed by atoms with van der Waals surface area (Å²) in [5.74, 6) is -0.0463. The van der Waals surface area contributed by atoms with Gasteiger partial charge in [0, 0.05) is 52.7 Å². The SMILES string of the molecule is COC(c1cc(Cl)c2c(c1Cl)C(=O)N(Cc1c(=O)[nH]c(C)c3ccoc13)CC2)C1CS(O)(O)C1. The van der Waals surface area contributed by atoms with E-state index in [0.29, 0.717) is 51.5 Å². The molecule has 3 N–H and O–H groups in total. The molecule has 3 aromatic rings. The second-order valence-electron chi connectivity index (χ2n) is 8.86. The van der Waals surface area contributed by atoms with Crippen molar-refractivity contribution < 1.29 is 23.1 Å². The van der Waals surface area contributed by atoms with Crippen molar-refractivity contribution in [2.24, 2.45) is 5.92 Å². The van der Waals surface area contributed by atoms with Crippen molar-refractivity contribution in [2.75, 3.05) is 25.2 Å². The van der Waals surface area contributed by atoms with Gasteiger partial charge in [-0.3, -0.25) is 18.7 Å². The lowest BCUT2D eigenvalue weighted by Crippen LogP contribution is -2.40. The lowest BCUT2D eigenvalue weighted by molar-refractivity contribution is 0.0588. The van der Waals surface area contributed by atoms with Gasteiger partial charge in [-0.15, -0.1) is 0 Å². The molecule has 34 heavy (non-hydrogen) atoms. The highest BCUT2D eigenvalue weighted by molar-refractivity contribution is 8.25. The average Bonchev–Trinajstić information content (AvgIpc) is 3.25. The minimum Gasteiger partial charge on any atom is -0.464 e. The van der Waals surface area contributed by atoms with E-state index < -0.39 is 16.7 Å². The molecule has 0 spiro atoms. The number of halogens is 2. The fourth-order valence-corrected chi connectivity index (χ4v) is 7.28. The third-order valence-electron chi connectivity index (χ3n) is 6.70. The Balaban J connectivity index is 1.51. The molecule has 1 aromatic carbocycles. The molecule has 0 saturated carbocycles. The van der Waals surface area contributed by atoms with E-state index in [-0.39, 0.29) is 40.5 Å². The van der Waals surface area contributed by atoms with Gasteiger partial charge in [-0.25, -0.2) is 0 Å². The molecule has 2 aliphatic heterocycles. The van der Waals surface area contributed by atoms with E-state index in [0.717, 1.165) is 5.39 Å². The van der Waals surface area contributed by atoms with Gasteiger partial charge in [0.2, 0.25) is 0 Å². The Morgan fingerprint density at radius 2 is 2.06 bits per heavy atom. The second kappa shape index (κ2) is 8.58. The van der Waals surface area contributed by atoms with Crippen LogP contribution in [-0.2, 0) is 17.7 Å². The van der Waals surface area contributed by atoms with Gasteiger partial charge in [-0.2, -0.15) is 10.6 Å². The number of aromatic amines is 1. The van der Waals surface area contributed by atoms with Gasteiger partial charge < -0.3 is 19.0 Å². The fraction of sp³-hybridized carbons (Fsp3) is 0.391. The molecule has 182 valence electrons. The number of amides is 1. The molecule has 2 aliphatic rings. The van der Waals surface area contributed by atoms with Gasteiger partial charge in [-0.05, 0) is 31.0 Å². The highest BCUT2D eigenvalue weighted by atomic mass is 35.5. The number of nitrogens with one attached hydrogen (secondary N) is 1. The Hall–Kier alpha value is -2.01.